The molecule has 94 valence electrons. The van der Waals surface area contributed by atoms with Gasteiger partial charge in [0, 0.05) is 31.3 Å². The van der Waals surface area contributed by atoms with E-state index in [9.17, 15) is 9.59 Å². The minimum atomic E-state index is -0.504. The highest BCUT2D eigenvalue weighted by molar-refractivity contribution is 5.94. The Hall–Kier alpha value is -1.82. The SMILES string of the molecule is CC(C)NCCNC(=O)c1cc(O)[nH]c(=O)c1. The van der Waals surface area contributed by atoms with Crippen molar-refractivity contribution in [3.05, 3.63) is 28.0 Å². The van der Waals surface area contributed by atoms with Crippen molar-refractivity contribution in [1.82, 2.24) is 15.6 Å². The molecule has 0 radical (unpaired) electrons. The summed E-state index contributed by atoms with van der Waals surface area (Å²) >= 11 is 0. The fraction of sp³-hybridized carbons (Fsp3) is 0.455. The molecule has 1 aromatic rings. The Morgan fingerprint density at radius 2 is 2.12 bits per heavy atom. The predicted molar refractivity (Wildman–Crippen MR) is 64.2 cm³/mol. The third-order valence-corrected chi connectivity index (χ3v) is 2.06. The summed E-state index contributed by atoms with van der Waals surface area (Å²) in [7, 11) is 0. The number of pyridine rings is 1. The van der Waals surface area contributed by atoms with E-state index < -0.39 is 5.56 Å². The molecule has 0 aliphatic rings. The quantitative estimate of drug-likeness (QED) is 0.536. The lowest BCUT2D eigenvalue weighted by Crippen LogP contribution is -2.34. The van der Waals surface area contributed by atoms with Crippen LogP contribution in [0.5, 0.6) is 5.88 Å². The Balaban J connectivity index is 2.50. The Labute approximate surface area is 99.1 Å². The number of carbonyl (C=O) groups is 1. The number of aromatic amines is 1. The van der Waals surface area contributed by atoms with Crippen molar-refractivity contribution in [3.8, 4) is 5.88 Å². The Kier molecular flexibility index (Phi) is 4.71. The molecule has 0 aliphatic carbocycles. The molecule has 1 aromatic heterocycles. The third kappa shape index (κ3) is 4.69. The molecule has 0 saturated heterocycles. The first kappa shape index (κ1) is 13.2. The van der Waals surface area contributed by atoms with Crippen molar-refractivity contribution in [1.29, 1.82) is 0 Å². The number of aromatic hydroxyl groups is 1. The molecule has 6 nitrogen and oxygen atoms in total. The monoisotopic (exact) mass is 239 g/mol. The van der Waals surface area contributed by atoms with E-state index in [0.29, 0.717) is 19.1 Å². The Bertz CT molecular complexity index is 440. The number of H-pyrrole nitrogens is 1. The maximum Gasteiger partial charge on any atom is 0.251 e. The van der Waals surface area contributed by atoms with E-state index in [1.807, 2.05) is 13.8 Å². The first-order valence-electron chi connectivity index (χ1n) is 5.44. The van der Waals surface area contributed by atoms with Crippen LogP contribution in [0.3, 0.4) is 0 Å². The van der Waals surface area contributed by atoms with Crippen LogP contribution in [0.2, 0.25) is 0 Å². The van der Waals surface area contributed by atoms with E-state index in [0.717, 1.165) is 6.07 Å². The maximum atomic E-state index is 11.6. The van der Waals surface area contributed by atoms with Gasteiger partial charge >= 0.3 is 0 Å². The fourth-order valence-electron chi connectivity index (χ4n) is 1.30. The number of carbonyl (C=O) groups excluding carboxylic acids is 1. The molecule has 4 N–H and O–H groups in total. The second-order valence-electron chi connectivity index (χ2n) is 3.98. The van der Waals surface area contributed by atoms with Gasteiger partial charge in [-0.05, 0) is 0 Å². The zero-order chi connectivity index (χ0) is 12.8. The van der Waals surface area contributed by atoms with Crippen LogP contribution < -0.4 is 16.2 Å². The predicted octanol–water partition coefficient (Wildman–Crippen LogP) is -0.192. The van der Waals surface area contributed by atoms with Crippen LogP contribution in [-0.4, -0.2) is 35.1 Å². The maximum absolute atomic E-state index is 11.6. The van der Waals surface area contributed by atoms with Crippen molar-refractivity contribution >= 4 is 5.91 Å². The van der Waals surface area contributed by atoms with E-state index >= 15 is 0 Å². The van der Waals surface area contributed by atoms with Gasteiger partial charge in [-0.3, -0.25) is 14.6 Å². The van der Waals surface area contributed by atoms with E-state index in [2.05, 4.69) is 15.6 Å². The van der Waals surface area contributed by atoms with Crippen LogP contribution in [0, 0.1) is 0 Å². The van der Waals surface area contributed by atoms with Gasteiger partial charge in [-0.25, -0.2) is 0 Å². The van der Waals surface area contributed by atoms with Gasteiger partial charge in [0.2, 0.25) is 0 Å². The van der Waals surface area contributed by atoms with Gasteiger partial charge < -0.3 is 15.7 Å². The van der Waals surface area contributed by atoms with E-state index in [4.69, 9.17) is 5.11 Å². The molecule has 6 heteroatoms. The highest BCUT2D eigenvalue weighted by atomic mass is 16.3. The molecule has 0 spiro atoms. The van der Waals surface area contributed by atoms with Crippen molar-refractivity contribution in [3.63, 3.8) is 0 Å². The number of rotatable bonds is 5. The summed E-state index contributed by atoms with van der Waals surface area (Å²) < 4.78 is 0. The van der Waals surface area contributed by atoms with Gasteiger partial charge in [0.05, 0.1) is 5.56 Å². The van der Waals surface area contributed by atoms with Crippen LogP contribution in [-0.2, 0) is 0 Å². The number of amides is 1. The average Bonchev–Trinajstić information content (AvgIpc) is 2.22. The molecule has 0 fully saturated rings. The summed E-state index contributed by atoms with van der Waals surface area (Å²) in [4.78, 5) is 24.8. The summed E-state index contributed by atoms with van der Waals surface area (Å²) in [6.07, 6.45) is 0. The summed E-state index contributed by atoms with van der Waals surface area (Å²) in [5.74, 6) is -0.695. The molecule has 17 heavy (non-hydrogen) atoms. The Morgan fingerprint density at radius 3 is 2.71 bits per heavy atom. The summed E-state index contributed by atoms with van der Waals surface area (Å²) in [6, 6.07) is 2.72. The second-order valence-corrected chi connectivity index (χ2v) is 3.98. The van der Waals surface area contributed by atoms with E-state index in [-0.39, 0.29) is 17.4 Å². The van der Waals surface area contributed by atoms with Gasteiger partial charge in [-0.1, -0.05) is 13.8 Å². The van der Waals surface area contributed by atoms with Gasteiger partial charge in [0.25, 0.3) is 11.5 Å². The van der Waals surface area contributed by atoms with Gasteiger partial charge in [0.15, 0.2) is 5.88 Å². The fourth-order valence-corrected chi connectivity index (χ4v) is 1.30. The normalized spacial score (nSPS) is 10.5. The van der Waals surface area contributed by atoms with Gasteiger partial charge in [0.1, 0.15) is 0 Å². The third-order valence-electron chi connectivity index (χ3n) is 2.06. The highest BCUT2D eigenvalue weighted by Crippen LogP contribution is 2.03. The van der Waals surface area contributed by atoms with Crippen molar-refractivity contribution in [2.75, 3.05) is 13.1 Å². The lowest BCUT2D eigenvalue weighted by atomic mass is 10.2. The molecule has 1 rings (SSSR count). The summed E-state index contributed by atoms with van der Waals surface area (Å²) in [6.45, 7) is 5.14. The number of aromatic nitrogens is 1. The van der Waals surface area contributed by atoms with E-state index in [1.165, 1.54) is 6.07 Å². The number of hydrogen-bond donors (Lipinski definition) is 4. The zero-order valence-electron chi connectivity index (χ0n) is 9.91. The van der Waals surface area contributed by atoms with Gasteiger partial charge in [-0.15, -0.1) is 0 Å². The van der Waals surface area contributed by atoms with Crippen LogP contribution in [0.25, 0.3) is 0 Å². The molecule has 1 amide bonds. The topological polar surface area (TPSA) is 94.2 Å². The van der Waals surface area contributed by atoms with E-state index in [1.54, 1.807) is 0 Å². The first-order valence-corrected chi connectivity index (χ1v) is 5.44. The van der Waals surface area contributed by atoms with Gasteiger partial charge in [-0.2, -0.15) is 0 Å². The van der Waals surface area contributed by atoms with Crippen molar-refractivity contribution in [2.24, 2.45) is 0 Å². The van der Waals surface area contributed by atoms with Crippen LogP contribution >= 0.6 is 0 Å². The number of nitrogens with one attached hydrogen (secondary N) is 3. The number of hydrogen-bond acceptors (Lipinski definition) is 4. The minimum Gasteiger partial charge on any atom is -0.494 e. The Morgan fingerprint density at radius 1 is 1.41 bits per heavy atom. The molecular weight excluding hydrogens is 222 g/mol. The lowest BCUT2D eigenvalue weighted by molar-refractivity contribution is 0.0953. The molecule has 1 heterocycles. The standard InChI is InChI=1S/C11H17N3O3/c1-7(2)12-3-4-13-11(17)8-5-9(15)14-10(16)6-8/h5-7,12H,3-4H2,1-2H3,(H,13,17)(H2,14,15,16). The van der Waals surface area contributed by atoms with Crippen LogP contribution in [0.4, 0.5) is 0 Å². The molecule has 0 saturated carbocycles. The van der Waals surface area contributed by atoms with Crippen molar-refractivity contribution < 1.29 is 9.90 Å². The van der Waals surface area contributed by atoms with Crippen molar-refractivity contribution in [2.45, 2.75) is 19.9 Å². The molecule has 0 bridgehead atoms. The molecule has 0 aliphatic heterocycles. The zero-order valence-corrected chi connectivity index (χ0v) is 9.91. The van der Waals surface area contributed by atoms with Crippen LogP contribution in [0.15, 0.2) is 16.9 Å². The van der Waals surface area contributed by atoms with Crippen LogP contribution in [0.1, 0.15) is 24.2 Å². The highest BCUT2D eigenvalue weighted by Gasteiger charge is 2.07. The molecule has 0 unspecified atom stereocenters. The summed E-state index contributed by atoms with van der Waals surface area (Å²) in [5, 5.41) is 14.9. The summed E-state index contributed by atoms with van der Waals surface area (Å²) in [5.41, 5.74) is -0.355. The smallest absolute Gasteiger partial charge is 0.251 e. The second kappa shape index (κ2) is 6.05. The lowest BCUT2D eigenvalue weighted by Gasteiger charge is -2.09. The molecule has 0 atom stereocenters. The largest absolute Gasteiger partial charge is 0.494 e. The molecule has 0 aromatic carbocycles. The first-order chi connectivity index (χ1) is 7.99. The molecular formula is C11H17N3O3. The average molecular weight is 239 g/mol. The minimum absolute atomic E-state index is 0.149.